The number of rotatable bonds is 4. The molecule has 80 valence electrons. The highest BCUT2D eigenvalue weighted by molar-refractivity contribution is 7.73. The Balaban J connectivity index is 2.14. The van der Waals surface area contributed by atoms with Crippen LogP contribution >= 0.6 is 7.60 Å². The molecule has 0 radical (unpaired) electrons. The number of aliphatic imine (C=N–C) groups is 1. The van der Waals surface area contributed by atoms with E-state index >= 15 is 0 Å². The Bertz CT molecular complexity index is 422. The lowest BCUT2D eigenvalue weighted by molar-refractivity contribution is 0.290. The molecule has 0 N–H and O–H groups in total. The fourth-order valence-electron chi connectivity index (χ4n) is 1.44. The fourth-order valence-corrected chi connectivity index (χ4v) is 2.66. The maximum absolute atomic E-state index is 11.9. The van der Waals surface area contributed by atoms with Crippen molar-refractivity contribution in [3.8, 4) is 0 Å². The Morgan fingerprint density at radius 2 is 1.80 bits per heavy atom. The lowest BCUT2D eigenvalue weighted by atomic mass is 10.1. The second-order valence-corrected chi connectivity index (χ2v) is 5.35. The molecular weight excluding hydrogens is 213 g/mol. The Morgan fingerprint density at radius 3 is 2.33 bits per heavy atom. The quantitative estimate of drug-likeness (QED) is 0.740. The topological polar surface area (TPSA) is 47.9 Å². The first-order valence-electron chi connectivity index (χ1n) is 4.56. The Labute approximate surface area is 88.5 Å². The zero-order valence-electron chi connectivity index (χ0n) is 8.58. The number of benzene rings is 1. The van der Waals surface area contributed by atoms with E-state index in [0.717, 1.165) is 5.56 Å². The van der Waals surface area contributed by atoms with Crippen molar-refractivity contribution in [1.82, 2.24) is 0 Å². The highest BCUT2D eigenvalue weighted by Gasteiger charge is 2.45. The zero-order valence-corrected chi connectivity index (χ0v) is 9.48. The molecule has 0 unspecified atom stereocenters. The number of hydrogen-bond acceptors (Lipinski definition) is 4. The predicted octanol–water partition coefficient (Wildman–Crippen LogP) is 2.63. The molecule has 0 saturated carbocycles. The minimum Gasteiger partial charge on any atom is -0.308 e. The molecule has 15 heavy (non-hydrogen) atoms. The molecule has 1 aliphatic rings. The molecule has 1 aliphatic heterocycles. The summed E-state index contributed by atoms with van der Waals surface area (Å²) in [4.78, 5) is 4.14. The third kappa shape index (κ3) is 1.88. The molecule has 0 bridgehead atoms. The molecule has 0 amide bonds. The molecule has 0 saturated heterocycles. The largest absolute Gasteiger partial charge is 0.377 e. The van der Waals surface area contributed by atoms with Gasteiger partial charge in [-0.1, -0.05) is 30.3 Å². The van der Waals surface area contributed by atoms with E-state index in [1.54, 1.807) is 0 Å². The molecule has 0 aromatic heterocycles. The van der Waals surface area contributed by atoms with Crippen LogP contribution < -0.4 is 0 Å². The lowest BCUT2D eigenvalue weighted by Gasteiger charge is -2.08. The van der Waals surface area contributed by atoms with Crippen molar-refractivity contribution in [2.24, 2.45) is 4.99 Å². The van der Waals surface area contributed by atoms with Crippen LogP contribution in [0.15, 0.2) is 35.3 Å². The van der Waals surface area contributed by atoms with Crippen LogP contribution in [-0.2, 0) is 13.6 Å². The third-order valence-electron chi connectivity index (χ3n) is 2.31. The van der Waals surface area contributed by atoms with Gasteiger partial charge < -0.3 is 9.05 Å². The van der Waals surface area contributed by atoms with E-state index in [-0.39, 0.29) is 6.04 Å². The molecule has 4 nitrogen and oxygen atoms in total. The summed E-state index contributed by atoms with van der Waals surface area (Å²) in [5.74, 6) is 0. The van der Waals surface area contributed by atoms with E-state index in [4.69, 9.17) is 9.05 Å². The van der Waals surface area contributed by atoms with E-state index in [2.05, 4.69) is 4.99 Å². The van der Waals surface area contributed by atoms with E-state index in [1.807, 2.05) is 30.3 Å². The summed E-state index contributed by atoms with van der Waals surface area (Å²) >= 11 is 0. The first-order chi connectivity index (χ1) is 7.21. The third-order valence-corrected chi connectivity index (χ3v) is 4.20. The Kier molecular flexibility index (Phi) is 2.74. The van der Waals surface area contributed by atoms with Crippen LogP contribution in [-0.4, -0.2) is 19.7 Å². The van der Waals surface area contributed by atoms with Gasteiger partial charge >= 0.3 is 7.60 Å². The number of nitrogens with zero attached hydrogens (tertiary/aromatic N) is 1. The van der Waals surface area contributed by atoms with Gasteiger partial charge in [-0.05, 0) is 5.56 Å². The van der Waals surface area contributed by atoms with E-state index in [0.29, 0.717) is 5.45 Å². The summed E-state index contributed by atoms with van der Waals surface area (Å²) in [6.45, 7) is 0. The van der Waals surface area contributed by atoms with Crippen LogP contribution in [0.4, 0.5) is 0 Å². The van der Waals surface area contributed by atoms with Crippen LogP contribution in [0.5, 0.6) is 0 Å². The van der Waals surface area contributed by atoms with Crippen molar-refractivity contribution in [1.29, 1.82) is 0 Å². The summed E-state index contributed by atoms with van der Waals surface area (Å²) in [7, 11) is -0.377. The molecule has 0 spiro atoms. The SMILES string of the molecule is COP(=O)(OC)C1=N[C@@H]1c1ccccc1. The van der Waals surface area contributed by atoms with Gasteiger partial charge in [0.25, 0.3) is 0 Å². The monoisotopic (exact) mass is 225 g/mol. The van der Waals surface area contributed by atoms with Crippen LogP contribution in [0, 0.1) is 0 Å². The first kappa shape index (κ1) is 10.6. The number of hydrogen-bond donors (Lipinski definition) is 0. The van der Waals surface area contributed by atoms with Gasteiger partial charge in [0.1, 0.15) is 6.04 Å². The Morgan fingerprint density at radius 1 is 1.20 bits per heavy atom. The van der Waals surface area contributed by atoms with Gasteiger partial charge in [-0.15, -0.1) is 0 Å². The van der Waals surface area contributed by atoms with Crippen molar-refractivity contribution >= 4 is 13.0 Å². The molecule has 5 heteroatoms. The van der Waals surface area contributed by atoms with Crippen molar-refractivity contribution in [2.75, 3.05) is 14.2 Å². The fraction of sp³-hybridized carbons (Fsp3) is 0.300. The highest BCUT2D eigenvalue weighted by Crippen LogP contribution is 2.58. The van der Waals surface area contributed by atoms with Gasteiger partial charge in [-0.2, -0.15) is 0 Å². The summed E-state index contributed by atoms with van der Waals surface area (Å²) < 4.78 is 21.7. The maximum Gasteiger partial charge on any atom is 0.377 e. The highest BCUT2D eigenvalue weighted by atomic mass is 31.2. The standard InChI is InChI=1S/C10H12NO3P/c1-13-15(12,14-2)10-9(11-10)8-6-4-3-5-7-8/h3-7,9H,1-2H3/t9-/m1/s1. The Hall–Kier alpha value is -0.960. The molecule has 0 aliphatic carbocycles. The maximum atomic E-state index is 11.9. The van der Waals surface area contributed by atoms with Crippen LogP contribution in [0.3, 0.4) is 0 Å². The van der Waals surface area contributed by atoms with Gasteiger partial charge in [0.15, 0.2) is 5.45 Å². The van der Waals surface area contributed by atoms with Gasteiger partial charge in [0.05, 0.1) is 0 Å². The predicted molar refractivity (Wildman–Crippen MR) is 58.2 cm³/mol. The minimum atomic E-state index is -3.11. The van der Waals surface area contributed by atoms with Gasteiger partial charge in [-0.3, -0.25) is 9.56 Å². The smallest absolute Gasteiger partial charge is 0.308 e. The summed E-state index contributed by atoms with van der Waals surface area (Å²) in [5, 5.41) is 0. The molecular formula is C10H12NO3P. The normalized spacial score (nSPS) is 19.9. The molecule has 1 aromatic rings. The van der Waals surface area contributed by atoms with Crippen LogP contribution in [0.1, 0.15) is 11.6 Å². The van der Waals surface area contributed by atoms with E-state index in [1.165, 1.54) is 14.2 Å². The van der Waals surface area contributed by atoms with Gasteiger partial charge in [0.2, 0.25) is 0 Å². The summed E-state index contributed by atoms with van der Waals surface area (Å²) in [5.41, 5.74) is 1.53. The van der Waals surface area contributed by atoms with E-state index in [9.17, 15) is 4.57 Å². The lowest BCUT2D eigenvalue weighted by Crippen LogP contribution is -1.97. The first-order valence-corrected chi connectivity index (χ1v) is 6.10. The van der Waals surface area contributed by atoms with Gasteiger partial charge in [0, 0.05) is 14.2 Å². The average Bonchev–Trinajstić information content (AvgIpc) is 3.10. The minimum absolute atomic E-state index is 0.128. The van der Waals surface area contributed by atoms with Crippen LogP contribution in [0.2, 0.25) is 0 Å². The molecule has 0 fully saturated rings. The summed E-state index contributed by atoms with van der Waals surface area (Å²) in [6.07, 6.45) is 0. The van der Waals surface area contributed by atoms with Crippen molar-refractivity contribution < 1.29 is 13.6 Å². The molecule has 1 heterocycles. The zero-order chi connectivity index (χ0) is 10.9. The van der Waals surface area contributed by atoms with Crippen LogP contribution in [0.25, 0.3) is 0 Å². The van der Waals surface area contributed by atoms with Gasteiger partial charge in [-0.25, -0.2) is 0 Å². The second-order valence-electron chi connectivity index (χ2n) is 3.16. The summed E-state index contributed by atoms with van der Waals surface area (Å²) in [6, 6.07) is 9.53. The second kappa shape index (κ2) is 3.89. The molecule has 1 aromatic carbocycles. The van der Waals surface area contributed by atoms with Crippen molar-refractivity contribution in [3.05, 3.63) is 35.9 Å². The molecule has 1 atom stereocenters. The molecule has 2 rings (SSSR count). The van der Waals surface area contributed by atoms with Crippen molar-refractivity contribution in [3.63, 3.8) is 0 Å². The van der Waals surface area contributed by atoms with Crippen molar-refractivity contribution in [2.45, 2.75) is 6.04 Å². The van der Waals surface area contributed by atoms with E-state index < -0.39 is 7.60 Å². The average molecular weight is 225 g/mol.